The molecule has 52 valence electrons. The van der Waals surface area contributed by atoms with Gasteiger partial charge in [0, 0.05) is 5.54 Å². The molecule has 1 N–H and O–H groups in total. The van der Waals surface area contributed by atoms with E-state index in [0.717, 1.165) is 0 Å². The zero-order valence-electron chi connectivity index (χ0n) is 5.47. The van der Waals surface area contributed by atoms with Crippen LogP contribution >= 0.6 is 11.6 Å². The molecule has 0 rings (SSSR count). The molecular formula is C7H11ClO. The monoisotopic (exact) mass is 146 g/mol. The smallest absolute Gasteiger partial charge is 0.0845 e. The molecule has 1 nitrogen and oxygen atoms in total. The summed E-state index contributed by atoms with van der Waals surface area (Å²) < 4.78 is 0. The zero-order valence-corrected chi connectivity index (χ0v) is 6.23. The van der Waals surface area contributed by atoms with Crippen LogP contribution in [-0.2, 0) is 0 Å². The van der Waals surface area contributed by atoms with Crippen LogP contribution in [0.1, 0.15) is 13.3 Å². The minimum Gasteiger partial charge on any atom is -0.386 e. The van der Waals surface area contributed by atoms with Crippen LogP contribution in [0.4, 0.5) is 0 Å². The predicted octanol–water partition coefficient (Wildman–Crippen LogP) is 2.07. The Morgan fingerprint density at radius 2 is 2.33 bits per heavy atom. The molecule has 0 saturated carbocycles. The van der Waals surface area contributed by atoms with E-state index < -0.39 is 5.60 Å². The first-order chi connectivity index (χ1) is 4.12. The SMILES string of the molecule is C=CCC(C)(O)/C=C/Cl. The van der Waals surface area contributed by atoms with E-state index in [1.165, 1.54) is 11.6 Å². The van der Waals surface area contributed by atoms with Gasteiger partial charge in [-0.1, -0.05) is 17.7 Å². The number of hydrogen-bond donors (Lipinski definition) is 1. The highest BCUT2D eigenvalue weighted by Gasteiger charge is 2.12. The van der Waals surface area contributed by atoms with Gasteiger partial charge in [-0.05, 0) is 19.4 Å². The van der Waals surface area contributed by atoms with Crippen molar-refractivity contribution in [3.63, 3.8) is 0 Å². The van der Waals surface area contributed by atoms with Crippen LogP contribution in [0.15, 0.2) is 24.3 Å². The molecule has 0 aromatic heterocycles. The topological polar surface area (TPSA) is 20.2 Å². The van der Waals surface area contributed by atoms with Crippen molar-refractivity contribution in [2.24, 2.45) is 0 Å². The Balaban J connectivity index is 3.84. The van der Waals surface area contributed by atoms with E-state index >= 15 is 0 Å². The lowest BCUT2D eigenvalue weighted by atomic mass is 10.0. The van der Waals surface area contributed by atoms with Crippen LogP contribution in [-0.4, -0.2) is 10.7 Å². The highest BCUT2D eigenvalue weighted by molar-refractivity contribution is 6.25. The summed E-state index contributed by atoms with van der Waals surface area (Å²) in [6.07, 6.45) is 3.70. The maximum Gasteiger partial charge on any atom is 0.0845 e. The number of aliphatic hydroxyl groups is 1. The maximum absolute atomic E-state index is 9.27. The third-order valence-corrected chi connectivity index (χ3v) is 1.11. The average molecular weight is 147 g/mol. The minimum atomic E-state index is -0.830. The Kier molecular flexibility index (Phi) is 3.59. The van der Waals surface area contributed by atoms with Crippen molar-refractivity contribution >= 4 is 11.6 Å². The van der Waals surface area contributed by atoms with E-state index in [1.54, 1.807) is 13.0 Å². The summed E-state index contributed by atoms with van der Waals surface area (Å²) in [5.74, 6) is 0. The Morgan fingerprint density at radius 1 is 1.78 bits per heavy atom. The van der Waals surface area contributed by atoms with Gasteiger partial charge in [-0.25, -0.2) is 0 Å². The van der Waals surface area contributed by atoms with Crippen molar-refractivity contribution in [1.29, 1.82) is 0 Å². The lowest BCUT2D eigenvalue weighted by Gasteiger charge is -2.14. The maximum atomic E-state index is 9.27. The molecule has 9 heavy (non-hydrogen) atoms. The van der Waals surface area contributed by atoms with Gasteiger partial charge in [0.05, 0.1) is 5.60 Å². The Hall–Kier alpha value is -0.270. The largest absolute Gasteiger partial charge is 0.386 e. The number of halogens is 1. The second kappa shape index (κ2) is 3.70. The third kappa shape index (κ3) is 4.25. The molecule has 0 spiro atoms. The summed E-state index contributed by atoms with van der Waals surface area (Å²) in [6, 6.07) is 0. The summed E-state index contributed by atoms with van der Waals surface area (Å²) in [5.41, 5.74) is 0.479. The van der Waals surface area contributed by atoms with Crippen LogP contribution in [0.2, 0.25) is 0 Å². The van der Waals surface area contributed by atoms with Crippen molar-refractivity contribution in [3.05, 3.63) is 24.3 Å². The molecule has 0 fully saturated rings. The van der Waals surface area contributed by atoms with E-state index in [0.29, 0.717) is 6.42 Å². The lowest BCUT2D eigenvalue weighted by Crippen LogP contribution is -2.18. The van der Waals surface area contributed by atoms with Crippen molar-refractivity contribution in [3.8, 4) is 0 Å². The van der Waals surface area contributed by atoms with E-state index in [9.17, 15) is 5.11 Å². The van der Waals surface area contributed by atoms with E-state index in [2.05, 4.69) is 6.58 Å². The second-order valence-electron chi connectivity index (χ2n) is 2.14. The van der Waals surface area contributed by atoms with Gasteiger partial charge in [0.1, 0.15) is 0 Å². The van der Waals surface area contributed by atoms with Crippen molar-refractivity contribution in [2.45, 2.75) is 18.9 Å². The zero-order chi connectivity index (χ0) is 7.33. The second-order valence-corrected chi connectivity index (χ2v) is 2.39. The normalized spacial score (nSPS) is 17.7. The molecule has 1 unspecified atom stereocenters. The fraction of sp³-hybridized carbons (Fsp3) is 0.429. The summed E-state index contributed by atoms with van der Waals surface area (Å²) in [5, 5.41) is 9.27. The Morgan fingerprint density at radius 3 is 2.67 bits per heavy atom. The number of rotatable bonds is 3. The van der Waals surface area contributed by atoms with Crippen LogP contribution < -0.4 is 0 Å². The molecule has 0 bridgehead atoms. The van der Waals surface area contributed by atoms with E-state index in [4.69, 9.17) is 11.6 Å². The quantitative estimate of drug-likeness (QED) is 0.605. The first-order valence-electron chi connectivity index (χ1n) is 2.73. The van der Waals surface area contributed by atoms with Crippen molar-refractivity contribution < 1.29 is 5.11 Å². The van der Waals surface area contributed by atoms with Crippen molar-refractivity contribution in [2.75, 3.05) is 0 Å². The molecule has 0 aliphatic heterocycles. The Bertz CT molecular complexity index is 116. The van der Waals surface area contributed by atoms with Gasteiger partial charge in [-0.15, -0.1) is 6.58 Å². The van der Waals surface area contributed by atoms with E-state index in [-0.39, 0.29) is 0 Å². The highest BCUT2D eigenvalue weighted by atomic mass is 35.5. The minimum absolute atomic E-state index is 0.524. The first kappa shape index (κ1) is 8.73. The molecule has 0 heterocycles. The molecule has 0 saturated heterocycles. The molecule has 0 amide bonds. The van der Waals surface area contributed by atoms with Crippen molar-refractivity contribution in [1.82, 2.24) is 0 Å². The highest BCUT2D eigenvalue weighted by Crippen LogP contribution is 2.11. The molecule has 0 aliphatic carbocycles. The van der Waals surface area contributed by atoms with Crippen LogP contribution in [0.5, 0.6) is 0 Å². The van der Waals surface area contributed by atoms with Gasteiger partial charge < -0.3 is 5.11 Å². The molecule has 0 aliphatic rings. The van der Waals surface area contributed by atoms with Gasteiger partial charge in [0.15, 0.2) is 0 Å². The molecule has 0 aromatic carbocycles. The molecule has 0 radical (unpaired) electrons. The average Bonchev–Trinajstić information content (AvgIpc) is 1.64. The van der Waals surface area contributed by atoms with Gasteiger partial charge in [0.25, 0.3) is 0 Å². The van der Waals surface area contributed by atoms with Crippen LogP contribution in [0.3, 0.4) is 0 Å². The fourth-order valence-corrected chi connectivity index (χ4v) is 0.767. The summed E-state index contributed by atoms with van der Waals surface area (Å²) in [4.78, 5) is 0. The van der Waals surface area contributed by atoms with Crippen LogP contribution in [0, 0.1) is 0 Å². The Labute approximate surface area is 60.6 Å². The molecule has 0 aromatic rings. The summed E-state index contributed by atoms with van der Waals surface area (Å²) in [6.45, 7) is 5.17. The molecule has 1 atom stereocenters. The van der Waals surface area contributed by atoms with Gasteiger partial charge in [0.2, 0.25) is 0 Å². The van der Waals surface area contributed by atoms with Gasteiger partial charge in [-0.3, -0.25) is 0 Å². The third-order valence-electron chi connectivity index (χ3n) is 0.980. The van der Waals surface area contributed by atoms with Gasteiger partial charge in [-0.2, -0.15) is 0 Å². The fourth-order valence-electron chi connectivity index (χ4n) is 0.496. The first-order valence-corrected chi connectivity index (χ1v) is 3.17. The summed E-state index contributed by atoms with van der Waals surface area (Å²) >= 11 is 5.25. The molecule has 2 heteroatoms. The van der Waals surface area contributed by atoms with E-state index in [1.807, 2.05) is 0 Å². The standard InChI is InChI=1S/C7H11ClO/c1-3-4-7(2,9)5-6-8/h3,5-6,9H,1,4H2,2H3/b6-5+. The molecular weight excluding hydrogens is 136 g/mol. The number of hydrogen-bond acceptors (Lipinski definition) is 1. The van der Waals surface area contributed by atoms with Crippen LogP contribution in [0.25, 0.3) is 0 Å². The summed E-state index contributed by atoms with van der Waals surface area (Å²) in [7, 11) is 0. The van der Waals surface area contributed by atoms with Gasteiger partial charge >= 0.3 is 0 Å². The lowest BCUT2D eigenvalue weighted by molar-refractivity contribution is 0.115. The predicted molar refractivity (Wildman–Crippen MR) is 40.4 cm³/mol.